The highest BCUT2D eigenvalue weighted by molar-refractivity contribution is 7.82. The zero-order chi connectivity index (χ0) is 28.9. The highest BCUT2D eigenvalue weighted by atomic mass is 32.2. The summed E-state index contributed by atoms with van der Waals surface area (Å²) in [5.41, 5.74) is 17.8. The molecule has 1 aliphatic rings. The van der Waals surface area contributed by atoms with Gasteiger partial charge in [0.25, 0.3) is 0 Å². The van der Waals surface area contributed by atoms with Crippen LogP contribution in [0.15, 0.2) is 59.5 Å². The van der Waals surface area contributed by atoms with E-state index >= 15 is 0 Å². The molecule has 0 saturated heterocycles. The summed E-state index contributed by atoms with van der Waals surface area (Å²) in [6.07, 6.45) is 0. The maximum Gasteiger partial charge on any atom is 0.321 e. The highest BCUT2D eigenvalue weighted by Gasteiger charge is 2.31. The van der Waals surface area contributed by atoms with Crippen molar-refractivity contribution in [3.8, 4) is 5.75 Å². The smallest absolute Gasteiger partial charge is 0.321 e. The fourth-order valence-electron chi connectivity index (χ4n) is 4.67. The maximum atomic E-state index is 13.4. The zero-order valence-corrected chi connectivity index (χ0v) is 24.0. The van der Waals surface area contributed by atoms with Crippen molar-refractivity contribution in [3.05, 3.63) is 82.4 Å². The van der Waals surface area contributed by atoms with Gasteiger partial charge in [0.15, 0.2) is 0 Å². The number of nitrogens with two attached hydrogens (primary N) is 3. The van der Waals surface area contributed by atoms with Crippen LogP contribution in [0.4, 0.5) is 11.4 Å². The minimum Gasteiger partial charge on any atom is -0.491 e. The van der Waals surface area contributed by atoms with E-state index in [1.165, 1.54) is 5.01 Å². The third kappa shape index (κ3) is 6.42. The molecule has 0 radical (unpaired) electrons. The molecule has 4 rings (SSSR count). The summed E-state index contributed by atoms with van der Waals surface area (Å²) in [5.74, 6) is 4.75. The molecule has 1 heterocycles. The van der Waals surface area contributed by atoms with Gasteiger partial charge in [0.2, 0.25) is 0 Å². The first-order valence-electron chi connectivity index (χ1n) is 12.9. The van der Waals surface area contributed by atoms with Gasteiger partial charge in [-0.2, -0.15) is 0 Å². The Hall–Kier alpha value is -3.44. The van der Waals surface area contributed by atoms with Crippen molar-refractivity contribution >= 4 is 28.3 Å². The summed E-state index contributed by atoms with van der Waals surface area (Å²) >= 11 is 0. The molecule has 0 aromatic heterocycles. The Bertz CT molecular complexity index is 1350. The lowest BCUT2D eigenvalue weighted by atomic mass is 9.81. The largest absolute Gasteiger partial charge is 0.491 e. The van der Waals surface area contributed by atoms with Crippen molar-refractivity contribution in [2.24, 2.45) is 11.6 Å². The van der Waals surface area contributed by atoms with E-state index in [0.29, 0.717) is 47.3 Å². The second kappa shape index (κ2) is 13.1. The molecule has 0 saturated carbocycles. The lowest BCUT2D eigenvalue weighted by molar-refractivity contribution is -0.138. The molecular weight excluding hydrogens is 514 g/mol. The molecule has 0 bridgehead atoms. The fraction of sp³-hybridized carbons (Fsp3) is 0.345. The van der Waals surface area contributed by atoms with Crippen LogP contribution >= 0.6 is 0 Å². The average molecular weight is 554 g/mol. The SMILES string of the molecule is CC.Cc1ccc(C(c2ccc(N(C)N)c(N)c2C)C(N)C(=O)O)cc1CN1CCOc2ccccc2S1=O. The molecule has 3 aromatic carbocycles. The predicted molar refractivity (Wildman–Crippen MR) is 157 cm³/mol. The number of fused-ring (bicyclic) bond motifs is 1. The second-order valence-corrected chi connectivity index (χ2v) is 10.7. The van der Waals surface area contributed by atoms with Crippen LogP contribution in [0.2, 0.25) is 0 Å². The quantitative estimate of drug-likeness (QED) is 0.197. The number of nitrogens with zero attached hydrogens (tertiary/aromatic N) is 2. The van der Waals surface area contributed by atoms with Crippen molar-refractivity contribution in [2.75, 3.05) is 30.9 Å². The average Bonchev–Trinajstić information content (AvgIpc) is 3.07. The molecule has 0 spiro atoms. The number of hydrogen-bond acceptors (Lipinski definition) is 7. The minimum atomic E-state index is -1.41. The first-order valence-corrected chi connectivity index (χ1v) is 14.0. The van der Waals surface area contributed by atoms with Crippen LogP contribution in [-0.4, -0.2) is 45.8 Å². The molecule has 0 aliphatic carbocycles. The molecule has 10 heteroatoms. The van der Waals surface area contributed by atoms with Crippen LogP contribution in [0.1, 0.15) is 47.6 Å². The maximum absolute atomic E-state index is 13.4. The van der Waals surface area contributed by atoms with Crippen LogP contribution < -0.4 is 27.1 Å². The number of rotatable bonds is 7. The van der Waals surface area contributed by atoms with Gasteiger partial charge in [-0.1, -0.05) is 50.2 Å². The van der Waals surface area contributed by atoms with Crippen molar-refractivity contribution in [1.82, 2.24) is 4.31 Å². The van der Waals surface area contributed by atoms with Gasteiger partial charge in [-0.25, -0.2) is 14.4 Å². The third-order valence-electron chi connectivity index (χ3n) is 6.84. The summed E-state index contributed by atoms with van der Waals surface area (Å²) in [6, 6.07) is 15.5. The van der Waals surface area contributed by atoms with Gasteiger partial charge in [0, 0.05) is 26.1 Å². The summed E-state index contributed by atoms with van der Waals surface area (Å²) in [4.78, 5) is 12.7. The van der Waals surface area contributed by atoms with Crippen molar-refractivity contribution in [1.29, 1.82) is 0 Å². The number of para-hydroxylation sites is 1. The third-order valence-corrected chi connectivity index (χ3v) is 8.34. The first kappa shape index (κ1) is 30.1. The van der Waals surface area contributed by atoms with Gasteiger partial charge >= 0.3 is 5.97 Å². The molecule has 39 heavy (non-hydrogen) atoms. The molecule has 0 fully saturated rings. The van der Waals surface area contributed by atoms with Gasteiger partial charge < -0.3 is 26.3 Å². The first-order chi connectivity index (χ1) is 18.6. The van der Waals surface area contributed by atoms with E-state index in [2.05, 4.69) is 0 Å². The Morgan fingerprint density at radius 2 is 1.85 bits per heavy atom. The Morgan fingerprint density at radius 1 is 1.15 bits per heavy atom. The van der Waals surface area contributed by atoms with Crippen molar-refractivity contribution in [2.45, 2.75) is 51.1 Å². The van der Waals surface area contributed by atoms with E-state index in [1.54, 1.807) is 13.1 Å². The number of carboxylic acids is 1. The van der Waals surface area contributed by atoms with Crippen LogP contribution in [0.3, 0.4) is 0 Å². The van der Waals surface area contributed by atoms with Crippen LogP contribution in [-0.2, 0) is 22.3 Å². The van der Waals surface area contributed by atoms with Crippen molar-refractivity contribution in [3.63, 3.8) is 0 Å². The van der Waals surface area contributed by atoms with Crippen LogP contribution in [0.25, 0.3) is 0 Å². The zero-order valence-electron chi connectivity index (χ0n) is 23.2. The Balaban J connectivity index is 0.00000205. The lowest BCUT2D eigenvalue weighted by Gasteiger charge is -2.27. The summed E-state index contributed by atoms with van der Waals surface area (Å²) in [7, 11) is 0.282. The standard InChI is InChI=1S/C27H33N5O4S.C2H6/c1-16-8-9-18(14-19(16)15-32-12-13-36-22-6-4-5-7-23(22)37(32)35)24(26(29)27(33)34)20-10-11-21(31(3)30)25(28)17(20)2;1-2/h4-11,14,24,26H,12-13,15,28-30H2,1-3H3,(H,33,34);1-2H3. The number of carboxylic acid groups (broad SMARTS) is 1. The number of hydrogen-bond donors (Lipinski definition) is 4. The summed E-state index contributed by atoms with van der Waals surface area (Å²) in [5, 5.41) is 11.3. The number of anilines is 2. The minimum absolute atomic E-state index is 0.400. The number of nitrogen functional groups attached to an aromatic ring is 1. The molecular formula is C29H39N5O4S. The number of hydrazine groups is 1. The Kier molecular flexibility index (Phi) is 10.1. The van der Waals surface area contributed by atoms with Crippen LogP contribution in [0.5, 0.6) is 5.75 Å². The number of aryl methyl sites for hydroxylation is 1. The molecule has 1 aliphatic heterocycles. The molecule has 7 N–H and O–H groups in total. The summed E-state index contributed by atoms with van der Waals surface area (Å²) < 4.78 is 21.1. The predicted octanol–water partition coefficient (Wildman–Crippen LogP) is 3.68. The monoisotopic (exact) mass is 553 g/mol. The van der Waals surface area contributed by atoms with E-state index in [4.69, 9.17) is 22.0 Å². The van der Waals surface area contributed by atoms with Gasteiger partial charge in [0.05, 0.1) is 16.3 Å². The van der Waals surface area contributed by atoms with Gasteiger partial charge in [-0.05, 0) is 59.9 Å². The van der Waals surface area contributed by atoms with Crippen LogP contribution in [0, 0.1) is 13.8 Å². The molecule has 3 aromatic rings. The summed E-state index contributed by atoms with van der Waals surface area (Å²) in [6.45, 7) is 9.11. The number of ether oxygens (including phenoxy) is 1. The van der Waals surface area contributed by atoms with E-state index in [-0.39, 0.29) is 0 Å². The lowest BCUT2D eigenvalue weighted by Crippen LogP contribution is -2.38. The molecule has 3 atom stereocenters. The molecule has 9 nitrogen and oxygen atoms in total. The number of aliphatic carboxylic acids is 1. The second-order valence-electron chi connectivity index (χ2n) is 9.26. The number of benzene rings is 3. The highest BCUT2D eigenvalue weighted by Crippen LogP contribution is 2.37. The number of carbonyl (C=O) groups is 1. The topological polar surface area (TPSA) is 148 Å². The van der Waals surface area contributed by atoms with E-state index < -0.39 is 28.9 Å². The van der Waals surface area contributed by atoms with E-state index in [9.17, 15) is 14.1 Å². The molecule has 3 unspecified atom stereocenters. The normalized spacial score (nSPS) is 16.5. The molecule has 210 valence electrons. The van der Waals surface area contributed by atoms with E-state index in [0.717, 1.165) is 22.3 Å². The fourth-order valence-corrected chi connectivity index (χ4v) is 5.94. The van der Waals surface area contributed by atoms with Crippen molar-refractivity contribution < 1.29 is 18.8 Å². The van der Waals surface area contributed by atoms with Gasteiger partial charge in [-0.15, -0.1) is 0 Å². The molecule has 0 amide bonds. The Labute approximate surface area is 233 Å². The Morgan fingerprint density at radius 3 is 2.51 bits per heavy atom. The van der Waals surface area contributed by atoms with E-state index in [1.807, 2.05) is 80.5 Å². The van der Waals surface area contributed by atoms with Gasteiger partial charge in [0.1, 0.15) is 29.4 Å². The van der Waals surface area contributed by atoms with Gasteiger partial charge in [-0.3, -0.25) is 4.79 Å².